The molecule has 1 aliphatic heterocycles. The Morgan fingerprint density at radius 2 is 2.31 bits per heavy atom. The number of nitriles is 1. The first-order chi connectivity index (χ1) is 7.79. The number of hydrogen-bond acceptors (Lipinski definition) is 2. The van der Waals surface area contributed by atoms with E-state index in [0.717, 1.165) is 30.5 Å². The Morgan fingerprint density at radius 1 is 1.44 bits per heavy atom. The Balaban J connectivity index is 2.27. The van der Waals surface area contributed by atoms with Crippen LogP contribution >= 0.6 is 0 Å². The van der Waals surface area contributed by atoms with E-state index in [4.69, 9.17) is 5.26 Å². The van der Waals surface area contributed by atoms with E-state index in [0.29, 0.717) is 5.56 Å². The SMILES string of the molecule is N#Cc1cccc(/C=C2\CCCNC2=O)c1. The van der Waals surface area contributed by atoms with Crippen LogP contribution in [0.3, 0.4) is 0 Å². The molecule has 2 rings (SSSR count). The highest BCUT2D eigenvalue weighted by molar-refractivity contribution is 5.98. The summed E-state index contributed by atoms with van der Waals surface area (Å²) in [5.41, 5.74) is 2.32. The smallest absolute Gasteiger partial charge is 0.247 e. The van der Waals surface area contributed by atoms with Crippen molar-refractivity contribution >= 4 is 12.0 Å². The number of piperidine rings is 1. The maximum absolute atomic E-state index is 11.5. The minimum absolute atomic E-state index is 0.00797. The summed E-state index contributed by atoms with van der Waals surface area (Å²) >= 11 is 0. The van der Waals surface area contributed by atoms with Gasteiger partial charge in [0, 0.05) is 12.1 Å². The predicted octanol–water partition coefficient (Wildman–Crippen LogP) is 1.85. The number of carbonyl (C=O) groups excluding carboxylic acids is 1. The van der Waals surface area contributed by atoms with Crippen LogP contribution in [0, 0.1) is 11.3 Å². The minimum atomic E-state index is 0.00797. The molecular weight excluding hydrogens is 200 g/mol. The number of rotatable bonds is 1. The van der Waals surface area contributed by atoms with Gasteiger partial charge < -0.3 is 5.32 Å². The summed E-state index contributed by atoms with van der Waals surface area (Å²) in [6, 6.07) is 9.35. The molecule has 1 N–H and O–H groups in total. The molecule has 0 radical (unpaired) electrons. The monoisotopic (exact) mass is 212 g/mol. The Bertz CT molecular complexity index is 483. The van der Waals surface area contributed by atoms with Gasteiger partial charge in [-0.05, 0) is 36.6 Å². The summed E-state index contributed by atoms with van der Waals surface area (Å²) in [5, 5.41) is 11.6. The lowest BCUT2D eigenvalue weighted by molar-refractivity contribution is -0.118. The normalized spacial score (nSPS) is 17.9. The lowest BCUT2D eigenvalue weighted by Gasteiger charge is -2.14. The fourth-order valence-electron chi connectivity index (χ4n) is 1.74. The quantitative estimate of drug-likeness (QED) is 0.722. The zero-order chi connectivity index (χ0) is 11.4. The molecule has 1 aromatic rings. The summed E-state index contributed by atoms with van der Waals surface area (Å²) in [5.74, 6) is 0.00797. The van der Waals surface area contributed by atoms with Crippen LogP contribution < -0.4 is 5.32 Å². The molecule has 3 heteroatoms. The van der Waals surface area contributed by atoms with Gasteiger partial charge in [-0.15, -0.1) is 0 Å². The van der Waals surface area contributed by atoms with Crippen LogP contribution in [0.15, 0.2) is 29.8 Å². The van der Waals surface area contributed by atoms with Crippen molar-refractivity contribution in [3.63, 3.8) is 0 Å². The molecule has 1 amide bonds. The van der Waals surface area contributed by atoms with E-state index in [1.807, 2.05) is 18.2 Å². The van der Waals surface area contributed by atoms with E-state index >= 15 is 0 Å². The van der Waals surface area contributed by atoms with Gasteiger partial charge in [0.05, 0.1) is 11.6 Å². The van der Waals surface area contributed by atoms with Crippen LogP contribution in [0.2, 0.25) is 0 Å². The van der Waals surface area contributed by atoms with Crippen LogP contribution in [0.25, 0.3) is 6.08 Å². The van der Waals surface area contributed by atoms with Crippen LogP contribution in [-0.2, 0) is 4.79 Å². The van der Waals surface area contributed by atoms with E-state index in [9.17, 15) is 4.79 Å². The third kappa shape index (κ3) is 2.29. The number of nitrogens with one attached hydrogen (secondary N) is 1. The van der Waals surface area contributed by atoms with Crippen molar-refractivity contribution in [2.75, 3.05) is 6.54 Å². The largest absolute Gasteiger partial charge is 0.352 e. The van der Waals surface area contributed by atoms with Gasteiger partial charge in [-0.1, -0.05) is 12.1 Å². The van der Waals surface area contributed by atoms with Gasteiger partial charge in [-0.25, -0.2) is 0 Å². The first-order valence-electron chi connectivity index (χ1n) is 5.28. The van der Waals surface area contributed by atoms with Gasteiger partial charge in [0.1, 0.15) is 0 Å². The predicted molar refractivity (Wildman–Crippen MR) is 61.4 cm³/mol. The van der Waals surface area contributed by atoms with Gasteiger partial charge in [0.15, 0.2) is 0 Å². The maximum Gasteiger partial charge on any atom is 0.247 e. The second kappa shape index (κ2) is 4.63. The van der Waals surface area contributed by atoms with Crippen molar-refractivity contribution in [1.82, 2.24) is 5.32 Å². The molecule has 1 saturated heterocycles. The van der Waals surface area contributed by atoms with E-state index in [-0.39, 0.29) is 5.91 Å². The molecule has 1 aliphatic rings. The highest BCUT2D eigenvalue weighted by Gasteiger charge is 2.13. The zero-order valence-corrected chi connectivity index (χ0v) is 8.86. The molecule has 0 unspecified atom stereocenters. The summed E-state index contributed by atoms with van der Waals surface area (Å²) in [7, 11) is 0. The molecule has 3 nitrogen and oxygen atoms in total. The van der Waals surface area contributed by atoms with E-state index in [1.54, 1.807) is 12.1 Å². The van der Waals surface area contributed by atoms with Gasteiger partial charge in [0.25, 0.3) is 0 Å². The molecule has 0 spiro atoms. The molecule has 1 aromatic carbocycles. The van der Waals surface area contributed by atoms with Crippen LogP contribution in [0.5, 0.6) is 0 Å². The van der Waals surface area contributed by atoms with Crippen molar-refractivity contribution in [3.8, 4) is 6.07 Å². The van der Waals surface area contributed by atoms with Crippen molar-refractivity contribution in [3.05, 3.63) is 41.0 Å². The highest BCUT2D eigenvalue weighted by Crippen LogP contribution is 2.15. The van der Waals surface area contributed by atoms with E-state index in [1.165, 1.54) is 0 Å². The van der Waals surface area contributed by atoms with Crippen LogP contribution in [-0.4, -0.2) is 12.5 Å². The summed E-state index contributed by atoms with van der Waals surface area (Å²) in [4.78, 5) is 11.5. The molecule has 0 atom stereocenters. The average molecular weight is 212 g/mol. The second-order valence-corrected chi connectivity index (χ2v) is 3.77. The topological polar surface area (TPSA) is 52.9 Å². The van der Waals surface area contributed by atoms with Crippen LogP contribution in [0.4, 0.5) is 0 Å². The Morgan fingerprint density at radius 3 is 3.06 bits per heavy atom. The average Bonchev–Trinajstić information content (AvgIpc) is 2.32. The highest BCUT2D eigenvalue weighted by atomic mass is 16.1. The summed E-state index contributed by atoms with van der Waals surface area (Å²) < 4.78 is 0. The standard InChI is InChI=1S/C13H12N2O/c14-9-11-4-1-3-10(7-11)8-12-5-2-6-15-13(12)16/h1,3-4,7-8H,2,5-6H2,(H,15,16)/b12-8+. The molecular formula is C13H12N2O. The lowest BCUT2D eigenvalue weighted by atomic mass is 10.0. The van der Waals surface area contributed by atoms with Gasteiger partial charge in [-0.3, -0.25) is 4.79 Å². The molecule has 0 aromatic heterocycles. The van der Waals surface area contributed by atoms with E-state index in [2.05, 4.69) is 11.4 Å². The van der Waals surface area contributed by atoms with Crippen molar-refractivity contribution in [1.29, 1.82) is 5.26 Å². The fraction of sp³-hybridized carbons (Fsp3) is 0.231. The summed E-state index contributed by atoms with van der Waals surface area (Å²) in [6.45, 7) is 0.758. The molecule has 0 aliphatic carbocycles. The Hall–Kier alpha value is -2.08. The first-order valence-corrected chi connectivity index (χ1v) is 5.28. The van der Waals surface area contributed by atoms with Gasteiger partial charge in [0.2, 0.25) is 5.91 Å². The van der Waals surface area contributed by atoms with Gasteiger partial charge in [-0.2, -0.15) is 5.26 Å². The molecule has 0 saturated carbocycles. The number of nitrogens with zero attached hydrogens (tertiary/aromatic N) is 1. The second-order valence-electron chi connectivity index (χ2n) is 3.77. The number of carbonyl (C=O) groups is 1. The number of amides is 1. The van der Waals surface area contributed by atoms with E-state index < -0.39 is 0 Å². The van der Waals surface area contributed by atoms with Crippen LogP contribution in [0.1, 0.15) is 24.0 Å². The Kier molecular flexibility index (Phi) is 3.02. The number of hydrogen-bond donors (Lipinski definition) is 1. The minimum Gasteiger partial charge on any atom is -0.352 e. The Labute approximate surface area is 94.4 Å². The molecule has 16 heavy (non-hydrogen) atoms. The van der Waals surface area contributed by atoms with Crippen molar-refractivity contribution in [2.24, 2.45) is 0 Å². The van der Waals surface area contributed by atoms with Gasteiger partial charge >= 0.3 is 0 Å². The lowest BCUT2D eigenvalue weighted by Crippen LogP contribution is -2.30. The molecule has 1 heterocycles. The number of benzene rings is 1. The maximum atomic E-state index is 11.5. The van der Waals surface area contributed by atoms with Crippen molar-refractivity contribution < 1.29 is 4.79 Å². The summed E-state index contributed by atoms with van der Waals surface area (Å²) in [6.07, 6.45) is 3.65. The third-order valence-corrected chi connectivity index (χ3v) is 2.56. The van der Waals surface area contributed by atoms with Crippen molar-refractivity contribution in [2.45, 2.75) is 12.8 Å². The molecule has 80 valence electrons. The third-order valence-electron chi connectivity index (χ3n) is 2.56. The first kappa shape index (κ1) is 10.4. The molecule has 1 fully saturated rings. The fourth-order valence-corrected chi connectivity index (χ4v) is 1.74. The zero-order valence-electron chi connectivity index (χ0n) is 8.86. The molecule has 0 bridgehead atoms.